The summed E-state index contributed by atoms with van der Waals surface area (Å²) >= 11 is 0. The molecule has 0 amide bonds. The first-order chi connectivity index (χ1) is 13.1. The summed E-state index contributed by atoms with van der Waals surface area (Å²) in [7, 11) is 4.99. The van der Waals surface area contributed by atoms with Crippen molar-refractivity contribution in [3.63, 3.8) is 0 Å². The summed E-state index contributed by atoms with van der Waals surface area (Å²) in [5, 5.41) is 0. The maximum atomic E-state index is 6.15. The van der Waals surface area contributed by atoms with Crippen molar-refractivity contribution in [3.05, 3.63) is 29.8 Å². The average Bonchev–Trinajstić information content (AvgIpc) is 2.69. The fourth-order valence-corrected chi connectivity index (χ4v) is 3.62. The van der Waals surface area contributed by atoms with Gasteiger partial charge in [-0.1, -0.05) is 26.0 Å². The van der Waals surface area contributed by atoms with Crippen molar-refractivity contribution < 1.29 is 28.4 Å². The standard InChI is InChI=1S/C21H34O6/c1-15-19(27-21(24-5)16(2)20(15)26-14-22-3)7-6-12-25-13-17-8-10-18(23-4)11-9-17/h8-11,15-16,19-21H,6-7,12-14H2,1-5H3/t15-,16+,19-,20-,21?/m0/s1. The largest absolute Gasteiger partial charge is 0.497 e. The van der Waals surface area contributed by atoms with Crippen LogP contribution in [-0.4, -0.2) is 53.2 Å². The molecule has 0 aliphatic carbocycles. The summed E-state index contributed by atoms with van der Waals surface area (Å²) in [6.45, 7) is 5.84. The van der Waals surface area contributed by atoms with Gasteiger partial charge in [0.2, 0.25) is 0 Å². The van der Waals surface area contributed by atoms with Crippen LogP contribution in [0, 0.1) is 11.8 Å². The van der Waals surface area contributed by atoms with Crippen LogP contribution < -0.4 is 4.74 Å². The Kier molecular flexibility index (Phi) is 9.51. The van der Waals surface area contributed by atoms with Gasteiger partial charge in [0.15, 0.2) is 6.29 Å². The smallest absolute Gasteiger partial charge is 0.162 e. The third-order valence-corrected chi connectivity index (χ3v) is 5.18. The Morgan fingerprint density at radius 2 is 1.74 bits per heavy atom. The van der Waals surface area contributed by atoms with E-state index in [-0.39, 0.29) is 37.1 Å². The lowest BCUT2D eigenvalue weighted by Gasteiger charge is -2.44. The number of methoxy groups -OCH3 is 3. The van der Waals surface area contributed by atoms with E-state index in [2.05, 4.69) is 13.8 Å². The molecule has 0 radical (unpaired) electrons. The van der Waals surface area contributed by atoms with Crippen LogP contribution in [0.2, 0.25) is 0 Å². The van der Waals surface area contributed by atoms with Crippen molar-refractivity contribution in [1.82, 2.24) is 0 Å². The van der Waals surface area contributed by atoms with Gasteiger partial charge >= 0.3 is 0 Å². The van der Waals surface area contributed by atoms with Crippen LogP contribution >= 0.6 is 0 Å². The van der Waals surface area contributed by atoms with Crippen molar-refractivity contribution in [3.8, 4) is 5.75 Å². The van der Waals surface area contributed by atoms with Gasteiger partial charge < -0.3 is 28.4 Å². The highest BCUT2D eigenvalue weighted by Crippen LogP contribution is 2.34. The molecule has 5 atom stereocenters. The molecule has 1 fully saturated rings. The lowest BCUT2D eigenvalue weighted by molar-refractivity contribution is -0.271. The molecule has 154 valence electrons. The predicted molar refractivity (Wildman–Crippen MR) is 103 cm³/mol. The quantitative estimate of drug-likeness (QED) is 0.430. The van der Waals surface area contributed by atoms with Gasteiger partial charge in [-0.05, 0) is 30.5 Å². The van der Waals surface area contributed by atoms with Crippen molar-refractivity contribution in [2.75, 3.05) is 34.7 Å². The fraction of sp³-hybridized carbons (Fsp3) is 0.714. The molecule has 27 heavy (non-hydrogen) atoms. The number of rotatable bonds is 11. The summed E-state index contributed by atoms with van der Waals surface area (Å²) < 4.78 is 33.6. The van der Waals surface area contributed by atoms with Crippen LogP contribution in [0.15, 0.2) is 24.3 Å². The molecule has 1 aliphatic rings. The molecule has 6 nitrogen and oxygen atoms in total. The topological polar surface area (TPSA) is 55.4 Å². The van der Waals surface area contributed by atoms with Crippen LogP contribution in [0.5, 0.6) is 5.75 Å². The molecule has 0 spiro atoms. The van der Waals surface area contributed by atoms with E-state index in [1.165, 1.54) is 0 Å². The van der Waals surface area contributed by atoms with Crippen molar-refractivity contribution >= 4 is 0 Å². The molecule has 1 unspecified atom stereocenters. The molecule has 2 rings (SSSR count). The molecule has 1 heterocycles. The zero-order valence-corrected chi connectivity index (χ0v) is 17.2. The second kappa shape index (κ2) is 11.6. The number of hydrogen-bond acceptors (Lipinski definition) is 6. The maximum Gasteiger partial charge on any atom is 0.162 e. The molecule has 1 aromatic carbocycles. The SMILES string of the molecule is COCO[C@H]1[C@@H](C)[C@H](CCCOCc2ccc(OC)cc2)OC(OC)[C@@H]1C. The normalized spacial score (nSPS) is 28.3. The van der Waals surface area contributed by atoms with Crippen molar-refractivity contribution in [1.29, 1.82) is 0 Å². The first kappa shape index (κ1) is 22.1. The second-order valence-electron chi connectivity index (χ2n) is 7.08. The Hall–Kier alpha value is -1.18. The maximum absolute atomic E-state index is 6.15. The Bertz CT molecular complexity index is 520. The van der Waals surface area contributed by atoms with Crippen LogP contribution in [0.3, 0.4) is 0 Å². The van der Waals surface area contributed by atoms with E-state index in [0.29, 0.717) is 13.2 Å². The Labute approximate surface area is 163 Å². The van der Waals surface area contributed by atoms with E-state index in [4.69, 9.17) is 28.4 Å². The summed E-state index contributed by atoms with van der Waals surface area (Å²) in [6.07, 6.45) is 1.70. The third-order valence-electron chi connectivity index (χ3n) is 5.18. The molecular weight excluding hydrogens is 348 g/mol. The highest BCUT2D eigenvalue weighted by atomic mass is 16.7. The first-order valence-corrected chi connectivity index (χ1v) is 9.60. The van der Waals surface area contributed by atoms with Crippen LogP contribution in [0.25, 0.3) is 0 Å². The molecule has 1 saturated heterocycles. The first-order valence-electron chi connectivity index (χ1n) is 9.60. The third kappa shape index (κ3) is 6.43. The molecule has 6 heteroatoms. The molecule has 0 saturated carbocycles. The van der Waals surface area contributed by atoms with Gasteiger partial charge in [-0.15, -0.1) is 0 Å². The van der Waals surface area contributed by atoms with Gasteiger partial charge in [0.1, 0.15) is 12.5 Å². The monoisotopic (exact) mass is 382 g/mol. The number of benzene rings is 1. The van der Waals surface area contributed by atoms with Crippen molar-refractivity contribution in [2.45, 2.75) is 51.8 Å². The number of ether oxygens (including phenoxy) is 6. The van der Waals surface area contributed by atoms with Gasteiger partial charge in [-0.2, -0.15) is 0 Å². The van der Waals surface area contributed by atoms with E-state index in [1.54, 1.807) is 21.3 Å². The van der Waals surface area contributed by atoms with E-state index < -0.39 is 0 Å². The summed E-state index contributed by atoms with van der Waals surface area (Å²) in [6, 6.07) is 7.94. The lowest BCUT2D eigenvalue weighted by atomic mass is 9.84. The average molecular weight is 382 g/mol. The van der Waals surface area contributed by atoms with Crippen LogP contribution in [0.4, 0.5) is 0 Å². The minimum atomic E-state index is -0.256. The van der Waals surface area contributed by atoms with E-state index in [1.807, 2.05) is 24.3 Å². The van der Waals surface area contributed by atoms with Gasteiger partial charge in [0.25, 0.3) is 0 Å². The Balaban J connectivity index is 1.75. The van der Waals surface area contributed by atoms with Gasteiger partial charge in [-0.25, -0.2) is 0 Å². The van der Waals surface area contributed by atoms with E-state index in [0.717, 1.165) is 24.2 Å². The molecule has 1 aliphatic heterocycles. The summed E-state index contributed by atoms with van der Waals surface area (Å²) in [5.41, 5.74) is 1.14. The highest BCUT2D eigenvalue weighted by Gasteiger charge is 2.42. The Morgan fingerprint density at radius 3 is 2.37 bits per heavy atom. The summed E-state index contributed by atoms with van der Waals surface area (Å²) in [4.78, 5) is 0. The minimum Gasteiger partial charge on any atom is -0.497 e. The Morgan fingerprint density at radius 1 is 1.00 bits per heavy atom. The molecule has 1 aromatic rings. The second-order valence-corrected chi connectivity index (χ2v) is 7.08. The molecular formula is C21H34O6. The molecule has 0 N–H and O–H groups in total. The molecule has 0 bridgehead atoms. The number of hydrogen-bond donors (Lipinski definition) is 0. The minimum absolute atomic E-state index is 0.0499. The predicted octanol–water partition coefficient (Wildman–Crippen LogP) is 3.62. The van der Waals surface area contributed by atoms with E-state index in [9.17, 15) is 0 Å². The van der Waals surface area contributed by atoms with Crippen molar-refractivity contribution in [2.24, 2.45) is 11.8 Å². The summed E-state index contributed by atoms with van der Waals surface area (Å²) in [5.74, 6) is 1.28. The molecule has 0 aromatic heterocycles. The van der Waals surface area contributed by atoms with Gasteiger partial charge in [-0.3, -0.25) is 0 Å². The highest BCUT2D eigenvalue weighted by molar-refractivity contribution is 5.26. The van der Waals surface area contributed by atoms with E-state index >= 15 is 0 Å². The lowest BCUT2D eigenvalue weighted by Crippen LogP contribution is -2.50. The van der Waals surface area contributed by atoms with Gasteiger partial charge in [0, 0.05) is 32.7 Å². The zero-order valence-electron chi connectivity index (χ0n) is 17.2. The van der Waals surface area contributed by atoms with Gasteiger partial charge in [0.05, 0.1) is 25.9 Å². The van der Waals surface area contributed by atoms with Crippen LogP contribution in [-0.2, 0) is 30.3 Å². The fourth-order valence-electron chi connectivity index (χ4n) is 3.62. The zero-order chi connectivity index (χ0) is 19.6. The van der Waals surface area contributed by atoms with Crippen LogP contribution in [0.1, 0.15) is 32.3 Å².